The minimum atomic E-state index is -0.488. The zero-order valence-electron chi connectivity index (χ0n) is 17.6. The molecule has 1 aromatic heterocycles. The summed E-state index contributed by atoms with van der Waals surface area (Å²) in [5, 5.41) is 2.55. The number of amides is 3. The maximum atomic E-state index is 12.8. The minimum absolute atomic E-state index is 0.101. The van der Waals surface area contributed by atoms with Crippen molar-refractivity contribution in [2.24, 2.45) is 0 Å². The highest BCUT2D eigenvalue weighted by Gasteiger charge is 2.36. The zero-order valence-corrected chi connectivity index (χ0v) is 19.1. The Kier molecular flexibility index (Phi) is 6.15. The van der Waals surface area contributed by atoms with Crippen LogP contribution in [-0.2, 0) is 15.1 Å². The topological polar surface area (TPSA) is 71.4 Å². The van der Waals surface area contributed by atoms with E-state index in [1.165, 1.54) is 0 Å². The fraction of sp³-hybridized carbons (Fsp3) is 0.318. The number of halogens is 1. The Labute approximate surface area is 185 Å². The highest BCUT2D eigenvalue weighted by molar-refractivity contribution is 8.18. The lowest BCUT2D eigenvalue weighted by Gasteiger charge is -2.25. The SMILES string of the molecule is Cc1cc(/C=C2/SC(=O)N(CC(=O)Nc3ccccc3Cl)C2=O)c(C)n1C(C)(C)C. The van der Waals surface area contributed by atoms with Crippen molar-refractivity contribution in [1.29, 1.82) is 0 Å². The molecule has 1 aliphatic heterocycles. The quantitative estimate of drug-likeness (QED) is 0.657. The molecule has 1 fully saturated rings. The summed E-state index contributed by atoms with van der Waals surface area (Å²) < 4.78 is 2.19. The number of nitrogens with one attached hydrogen (secondary N) is 1. The number of hydrogen-bond donors (Lipinski definition) is 1. The molecule has 0 spiro atoms. The van der Waals surface area contributed by atoms with E-state index in [1.807, 2.05) is 19.9 Å². The predicted molar refractivity (Wildman–Crippen MR) is 122 cm³/mol. The Bertz CT molecular complexity index is 1070. The van der Waals surface area contributed by atoms with Gasteiger partial charge in [0.15, 0.2) is 0 Å². The summed E-state index contributed by atoms with van der Waals surface area (Å²) in [6, 6.07) is 8.78. The molecule has 1 aliphatic rings. The first-order valence-corrected chi connectivity index (χ1v) is 10.7. The molecule has 158 valence electrons. The van der Waals surface area contributed by atoms with Crippen LogP contribution < -0.4 is 5.32 Å². The van der Waals surface area contributed by atoms with Crippen LogP contribution in [0.5, 0.6) is 0 Å². The first kappa shape index (κ1) is 22.2. The number of thioether (sulfide) groups is 1. The van der Waals surface area contributed by atoms with Crippen molar-refractivity contribution in [3.05, 3.63) is 57.2 Å². The third-order valence-corrected chi connectivity index (χ3v) is 5.99. The van der Waals surface area contributed by atoms with Crippen LogP contribution in [0, 0.1) is 13.8 Å². The third-order valence-electron chi connectivity index (χ3n) is 4.75. The van der Waals surface area contributed by atoms with Crippen LogP contribution in [0.1, 0.15) is 37.7 Å². The molecule has 0 unspecified atom stereocenters. The number of benzene rings is 1. The van der Waals surface area contributed by atoms with E-state index in [0.717, 1.165) is 33.6 Å². The van der Waals surface area contributed by atoms with Gasteiger partial charge in [-0.1, -0.05) is 23.7 Å². The smallest absolute Gasteiger partial charge is 0.294 e. The molecule has 30 heavy (non-hydrogen) atoms. The maximum Gasteiger partial charge on any atom is 0.294 e. The van der Waals surface area contributed by atoms with E-state index in [2.05, 4.69) is 30.7 Å². The number of aryl methyl sites for hydroxylation is 1. The first-order valence-electron chi connectivity index (χ1n) is 9.48. The number of para-hydroxylation sites is 1. The lowest BCUT2D eigenvalue weighted by molar-refractivity contribution is -0.127. The van der Waals surface area contributed by atoms with E-state index in [0.29, 0.717) is 15.6 Å². The number of carbonyl (C=O) groups excluding carboxylic acids is 3. The van der Waals surface area contributed by atoms with Crippen LogP contribution in [-0.4, -0.2) is 33.1 Å². The van der Waals surface area contributed by atoms with E-state index in [4.69, 9.17) is 11.6 Å². The van der Waals surface area contributed by atoms with Crippen LogP contribution in [0.2, 0.25) is 5.02 Å². The second kappa shape index (κ2) is 8.32. The number of aromatic nitrogens is 1. The molecule has 2 heterocycles. The molecule has 8 heteroatoms. The maximum absolute atomic E-state index is 12.8. The number of hydrogen-bond acceptors (Lipinski definition) is 4. The van der Waals surface area contributed by atoms with Crippen molar-refractivity contribution in [2.75, 3.05) is 11.9 Å². The van der Waals surface area contributed by atoms with Gasteiger partial charge < -0.3 is 9.88 Å². The second-order valence-corrected chi connectivity index (χ2v) is 9.53. The van der Waals surface area contributed by atoms with Gasteiger partial charge in [0.25, 0.3) is 11.1 Å². The Hall–Kier alpha value is -2.51. The lowest BCUT2D eigenvalue weighted by Crippen LogP contribution is -2.36. The Morgan fingerprint density at radius 3 is 2.47 bits per heavy atom. The fourth-order valence-corrected chi connectivity index (χ4v) is 4.65. The summed E-state index contributed by atoms with van der Waals surface area (Å²) >= 11 is 6.88. The van der Waals surface area contributed by atoms with Gasteiger partial charge in [-0.05, 0) is 76.2 Å². The van der Waals surface area contributed by atoms with Crippen LogP contribution >= 0.6 is 23.4 Å². The van der Waals surface area contributed by atoms with Crippen molar-refractivity contribution < 1.29 is 14.4 Å². The third kappa shape index (κ3) is 4.47. The van der Waals surface area contributed by atoms with Crippen molar-refractivity contribution in [3.8, 4) is 0 Å². The number of nitrogens with zero attached hydrogens (tertiary/aromatic N) is 2. The number of imide groups is 1. The predicted octanol–water partition coefficient (Wildman–Crippen LogP) is 5.19. The van der Waals surface area contributed by atoms with Crippen molar-refractivity contribution in [1.82, 2.24) is 9.47 Å². The summed E-state index contributed by atoms with van der Waals surface area (Å²) in [6.45, 7) is 9.98. The highest BCUT2D eigenvalue weighted by atomic mass is 35.5. The summed E-state index contributed by atoms with van der Waals surface area (Å²) in [4.78, 5) is 38.7. The average Bonchev–Trinajstić information content (AvgIpc) is 3.06. The molecule has 3 rings (SSSR count). The van der Waals surface area contributed by atoms with Gasteiger partial charge in [0.05, 0.1) is 15.6 Å². The van der Waals surface area contributed by atoms with Crippen LogP contribution in [0.15, 0.2) is 35.2 Å². The molecule has 0 saturated carbocycles. The Morgan fingerprint density at radius 1 is 1.20 bits per heavy atom. The van der Waals surface area contributed by atoms with E-state index < -0.39 is 17.1 Å². The normalized spacial score (nSPS) is 15.9. The minimum Gasteiger partial charge on any atom is -0.343 e. The Balaban J connectivity index is 1.78. The molecular formula is C22H24ClN3O3S. The second-order valence-electron chi connectivity index (χ2n) is 8.13. The van der Waals surface area contributed by atoms with E-state index in [1.54, 1.807) is 30.3 Å². The molecule has 3 amide bonds. The molecule has 2 aromatic rings. The van der Waals surface area contributed by atoms with E-state index in [-0.39, 0.29) is 12.1 Å². The molecule has 1 N–H and O–H groups in total. The Morgan fingerprint density at radius 2 is 1.87 bits per heavy atom. The van der Waals surface area contributed by atoms with Gasteiger partial charge >= 0.3 is 0 Å². The number of anilines is 1. The molecule has 0 bridgehead atoms. The first-order chi connectivity index (χ1) is 14.0. The molecular weight excluding hydrogens is 422 g/mol. The van der Waals surface area contributed by atoms with Gasteiger partial charge in [0, 0.05) is 16.9 Å². The molecule has 0 radical (unpaired) electrons. The van der Waals surface area contributed by atoms with Gasteiger partial charge in [-0.2, -0.15) is 0 Å². The van der Waals surface area contributed by atoms with Crippen LogP contribution in [0.4, 0.5) is 10.5 Å². The molecule has 0 atom stereocenters. The van der Waals surface area contributed by atoms with Gasteiger partial charge in [-0.3, -0.25) is 19.3 Å². The monoisotopic (exact) mass is 445 g/mol. The molecule has 6 nitrogen and oxygen atoms in total. The summed E-state index contributed by atoms with van der Waals surface area (Å²) in [6.07, 6.45) is 1.72. The summed E-state index contributed by atoms with van der Waals surface area (Å²) in [5.74, 6) is -0.961. The standard InChI is InChI=1S/C22H24ClN3O3S/c1-13-10-15(14(2)26(13)22(3,4)5)11-18-20(28)25(21(29)30-18)12-19(27)24-17-9-7-6-8-16(17)23/h6-11H,12H2,1-5H3,(H,24,27)/b18-11+. The molecule has 0 aliphatic carbocycles. The van der Waals surface area contributed by atoms with Crippen LogP contribution in [0.25, 0.3) is 6.08 Å². The number of rotatable bonds is 4. The van der Waals surface area contributed by atoms with Gasteiger partial charge in [-0.25, -0.2) is 0 Å². The van der Waals surface area contributed by atoms with E-state index in [9.17, 15) is 14.4 Å². The van der Waals surface area contributed by atoms with Crippen molar-refractivity contribution in [2.45, 2.75) is 40.2 Å². The van der Waals surface area contributed by atoms with Gasteiger partial charge in [-0.15, -0.1) is 0 Å². The lowest BCUT2D eigenvalue weighted by atomic mass is 10.1. The summed E-state index contributed by atoms with van der Waals surface area (Å²) in [7, 11) is 0. The van der Waals surface area contributed by atoms with Gasteiger partial charge in [0.2, 0.25) is 5.91 Å². The van der Waals surface area contributed by atoms with E-state index >= 15 is 0 Å². The summed E-state index contributed by atoms with van der Waals surface area (Å²) in [5.41, 5.74) is 3.30. The van der Waals surface area contributed by atoms with Gasteiger partial charge in [0.1, 0.15) is 6.54 Å². The van der Waals surface area contributed by atoms with Crippen LogP contribution in [0.3, 0.4) is 0 Å². The fourth-order valence-electron chi connectivity index (χ4n) is 3.64. The largest absolute Gasteiger partial charge is 0.343 e. The zero-order chi connectivity index (χ0) is 22.2. The average molecular weight is 446 g/mol. The highest BCUT2D eigenvalue weighted by Crippen LogP contribution is 2.34. The molecule has 1 aromatic carbocycles. The van der Waals surface area contributed by atoms with Crippen molar-refractivity contribution in [3.63, 3.8) is 0 Å². The van der Waals surface area contributed by atoms with Crippen molar-refractivity contribution >= 4 is 52.2 Å². The number of carbonyl (C=O) groups is 3. The molecule has 1 saturated heterocycles.